The maximum absolute atomic E-state index is 14.8. The molecule has 266 valence electrons. The average molecular weight is 766 g/mol. The predicted octanol–water partition coefficient (Wildman–Crippen LogP) is 6.96. The molecule has 0 N–H and O–H groups in total. The Hall–Kier alpha value is -3.41. The normalized spacial score (nSPS) is 32.1. The number of halogens is 1. The zero-order valence-electron chi connectivity index (χ0n) is 29.7. The fourth-order valence-corrected chi connectivity index (χ4v) is 13.2. The van der Waals surface area contributed by atoms with Crippen molar-refractivity contribution >= 4 is 58.7 Å². The number of carbonyl (C=O) groups is 5. The molecule has 0 bridgehead atoms. The van der Waals surface area contributed by atoms with Crippen molar-refractivity contribution in [3.63, 3.8) is 0 Å². The first-order chi connectivity index (χ1) is 23.5. The minimum atomic E-state index is -1.93. The van der Waals surface area contributed by atoms with Crippen LogP contribution in [0.25, 0.3) is 0 Å². The van der Waals surface area contributed by atoms with Gasteiger partial charge in [0.25, 0.3) is 0 Å². The number of hydrogen-bond donors (Lipinski definition) is 0. The molecule has 6 rings (SSSR count). The largest absolute Gasteiger partial charge is 0.458 e. The number of Topliss-reactive ketones (excluding diaryl/α,β-unsaturated/α-hetero) is 2. The topological polar surface area (TPSA) is 122 Å². The summed E-state index contributed by atoms with van der Waals surface area (Å²) in [6.07, 6.45) is 1.98. The van der Waals surface area contributed by atoms with Gasteiger partial charge in [-0.1, -0.05) is 89.2 Å². The molecule has 0 amide bonds. The van der Waals surface area contributed by atoms with E-state index in [4.69, 9.17) is 18.9 Å². The number of ether oxygens (including phenoxy) is 4. The van der Waals surface area contributed by atoms with E-state index >= 15 is 0 Å². The standard InChI is InChI=1S/C39H45BrO9Si/c1-21-35(48-23(3)42)32(47-22(2)41)19-31(46-21)27-14-15-28-33(36(27)49-24(4)43)34(44)30-16-13-25-20-38(5,18-17-29(25)39(30,40)37(28)45)50(6,7)26-11-9-8-10-12-26/h8-15,21,29-32,35H,16-20H2,1-7H3/t21-,29?,30?,31-,32-,35-,38?,39?/m1/s1. The van der Waals surface area contributed by atoms with Crippen LogP contribution in [-0.2, 0) is 28.6 Å². The molecular formula is C39H45BrO9Si. The van der Waals surface area contributed by atoms with Gasteiger partial charge in [-0.2, -0.15) is 0 Å². The monoisotopic (exact) mass is 764 g/mol. The van der Waals surface area contributed by atoms with Gasteiger partial charge in [-0.05, 0) is 43.7 Å². The number of rotatable bonds is 6. The summed E-state index contributed by atoms with van der Waals surface area (Å²) in [4.78, 5) is 65.9. The van der Waals surface area contributed by atoms with Crippen LogP contribution in [-0.4, -0.2) is 60.2 Å². The molecule has 4 aliphatic rings. The molecular weight excluding hydrogens is 720 g/mol. The van der Waals surface area contributed by atoms with Gasteiger partial charge in [-0.3, -0.25) is 24.0 Å². The molecule has 1 saturated carbocycles. The lowest BCUT2D eigenvalue weighted by Gasteiger charge is -2.54. The molecule has 2 aromatic rings. The van der Waals surface area contributed by atoms with Gasteiger partial charge in [0.15, 0.2) is 17.7 Å². The van der Waals surface area contributed by atoms with Gasteiger partial charge >= 0.3 is 17.9 Å². The predicted molar refractivity (Wildman–Crippen MR) is 193 cm³/mol. The van der Waals surface area contributed by atoms with Crippen molar-refractivity contribution in [2.24, 2.45) is 11.8 Å². The van der Waals surface area contributed by atoms with Crippen LogP contribution in [0.1, 0.15) is 99.1 Å². The molecule has 9 nitrogen and oxygen atoms in total. The first kappa shape index (κ1) is 36.4. The number of carbonyl (C=O) groups excluding carboxylic acids is 5. The van der Waals surface area contributed by atoms with Crippen LogP contribution in [0.2, 0.25) is 18.1 Å². The minimum Gasteiger partial charge on any atom is -0.458 e. The van der Waals surface area contributed by atoms with Gasteiger partial charge in [-0.15, -0.1) is 0 Å². The fourth-order valence-electron chi connectivity index (χ4n) is 8.89. The SMILES string of the molecule is CC(=O)Oc1c([C@H]2C[C@@H](OC(C)=O)[C@H](OC(C)=O)[C@@H](C)O2)ccc2c1C(=O)C1CC=C3CC(C)([Si](C)(C)c4ccccc4)CCC3C1(Br)C2=O. The lowest BCUT2D eigenvalue weighted by molar-refractivity contribution is -0.204. The van der Waals surface area contributed by atoms with Gasteiger partial charge in [-0.25, -0.2) is 0 Å². The quantitative estimate of drug-likeness (QED) is 0.101. The second-order valence-corrected chi connectivity index (χ2v) is 21.5. The highest BCUT2D eigenvalue weighted by molar-refractivity contribution is 9.10. The Labute approximate surface area is 302 Å². The van der Waals surface area contributed by atoms with Crippen LogP contribution in [0.3, 0.4) is 0 Å². The molecule has 1 aliphatic heterocycles. The number of esters is 3. The molecule has 11 heteroatoms. The number of hydrogen-bond acceptors (Lipinski definition) is 9. The van der Waals surface area contributed by atoms with Crippen molar-refractivity contribution in [2.75, 3.05) is 0 Å². The van der Waals surface area contributed by atoms with Crippen molar-refractivity contribution in [1.82, 2.24) is 0 Å². The number of allylic oxidation sites excluding steroid dienone is 2. The Morgan fingerprint density at radius 1 is 0.940 bits per heavy atom. The maximum Gasteiger partial charge on any atom is 0.308 e. The van der Waals surface area contributed by atoms with Crippen molar-refractivity contribution in [3.05, 3.63) is 70.8 Å². The fraction of sp³-hybridized carbons (Fsp3) is 0.513. The van der Waals surface area contributed by atoms with E-state index < -0.39 is 60.6 Å². The van der Waals surface area contributed by atoms with Crippen molar-refractivity contribution < 1.29 is 42.9 Å². The van der Waals surface area contributed by atoms with Gasteiger partial charge in [0.1, 0.15) is 16.2 Å². The Morgan fingerprint density at radius 3 is 2.26 bits per heavy atom. The molecule has 8 atom stereocenters. The lowest BCUT2D eigenvalue weighted by Crippen LogP contribution is -2.59. The summed E-state index contributed by atoms with van der Waals surface area (Å²) in [6, 6.07) is 14.0. The molecule has 2 fully saturated rings. The molecule has 1 saturated heterocycles. The summed E-state index contributed by atoms with van der Waals surface area (Å²) in [5.41, 5.74) is 1.88. The molecule has 4 unspecified atom stereocenters. The Kier molecular flexibility index (Phi) is 9.67. The van der Waals surface area contributed by atoms with Gasteiger partial charge < -0.3 is 18.9 Å². The summed E-state index contributed by atoms with van der Waals surface area (Å²) < 4.78 is 21.9. The van der Waals surface area contributed by atoms with E-state index in [0.29, 0.717) is 12.0 Å². The third-order valence-corrected chi connectivity index (χ3v) is 18.6. The molecule has 0 aromatic heterocycles. The molecule has 50 heavy (non-hydrogen) atoms. The Balaban J connectivity index is 1.37. The van der Waals surface area contributed by atoms with Crippen molar-refractivity contribution in [3.8, 4) is 5.75 Å². The van der Waals surface area contributed by atoms with Gasteiger partial charge in [0.05, 0.1) is 25.8 Å². The third kappa shape index (κ3) is 6.02. The zero-order chi connectivity index (χ0) is 36.3. The molecule has 0 radical (unpaired) electrons. The molecule has 2 aromatic carbocycles. The van der Waals surface area contributed by atoms with E-state index in [1.54, 1.807) is 19.1 Å². The number of fused-ring (bicyclic) bond motifs is 4. The first-order valence-electron chi connectivity index (χ1n) is 17.4. The molecule has 1 heterocycles. The van der Waals surface area contributed by atoms with E-state index in [1.807, 2.05) is 0 Å². The van der Waals surface area contributed by atoms with E-state index in [2.05, 4.69) is 72.4 Å². The van der Waals surface area contributed by atoms with Crippen molar-refractivity contribution in [1.29, 1.82) is 0 Å². The number of ketones is 2. The Bertz CT molecular complexity index is 1790. The summed E-state index contributed by atoms with van der Waals surface area (Å²) in [7, 11) is -1.93. The Morgan fingerprint density at radius 2 is 1.62 bits per heavy atom. The van der Waals surface area contributed by atoms with Crippen LogP contribution in [0.4, 0.5) is 0 Å². The van der Waals surface area contributed by atoms with E-state index in [9.17, 15) is 24.0 Å². The first-order valence-corrected chi connectivity index (χ1v) is 21.2. The second kappa shape index (κ2) is 13.3. The zero-order valence-corrected chi connectivity index (χ0v) is 32.3. The highest BCUT2D eigenvalue weighted by Gasteiger charge is 2.62. The minimum absolute atomic E-state index is 0.0192. The molecule has 3 aliphatic carbocycles. The van der Waals surface area contributed by atoms with E-state index in [-0.39, 0.29) is 45.8 Å². The summed E-state index contributed by atoms with van der Waals surface area (Å²) in [6.45, 7) is 12.7. The van der Waals surface area contributed by atoms with E-state index in [1.165, 1.54) is 31.5 Å². The lowest BCUT2D eigenvalue weighted by atomic mass is 9.58. The van der Waals surface area contributed by atoms with Crippen LogP contribution in [0.15, 0.2) is 54.1 Å². The third-order valence-electron chi connectivity index (χ3n) is 11.9. The number of alkyl halides is 1. The summed E-state index contributed by atoms with van der Waals surface area (Å²) in [5, 5.41) is 1.48. The van der Waals surface area contributed by atoms with Crippen LogP contribution >= 0.6 is 15.9 Å². The van der Waals surface area contributed by atoms with Crippen LogP contribution < -0.4 is 9.92 Å². The van der Waals surface area contributed by atoms with Gasteiger partial charge in [0, 0.05) is 50.2 Å². The highest BCUT2D eigenvalue weighted by atomic mass is 79.9. The van der Waals surface area contributed by atoms with Crippen molar-refractivity contribution in [2.45, 2.75) is 114 Å². The highest BCUT2D eigenvalue weighted by Crippen LogP contribution is 2.62. The van der Waals surface area contributed by atoms with E-state index in [0.717, 1.165) is 19.3 Å². The average Bonchev–Trinajstić information content (AvgIpc) is 3.04. The summed E-state index contributed by atoms with van der Waals surface area (Å²) in [5.74, 6) is -3.09. The van der Waals surface area contributed by atoms with Gasteiger partial charge in [0.2, 0.25) is 0 Å². The molecule has 0 spiro atoms. The maximum atomic E-state index is 14.8. The smallest absolute Gasteiger partial charge is 0.308 e. The second-order valence-electron chi connectivity index (χ2n) is 15.1. The number of benzene rings is 2. The van der Waals surface area contributed by atoms with Crippen LogP contribution in [0.5, 0.6) is 5.75 Å². The van der Waals surface area contributed by atoms with Crippen LogP contribution in [0, 0.1) is 11.8 Å². The summed E-state index contributed by atoms with van der Waals surface area (Å²) >= 11 is 3.94.